The summed E-state index contributed by atoms with van der Waals surface area (Å²) in [7, 11) is 6.83. The van der Waals surface area contributed by atoms with E-state index in [-0.39, 0.29) is 5.78 Å². The maximum absolute atomic E-state index is 14.0. The van der Waals surface area contributed by atoms with Gasteiger partial charge in [0.05, 0.1) is 60.3 Å². The van der Waals surface area contributed by atoms with Crippen LogP contribution >= 0.6 is 45.3 Å². The number of hydrogen-bond donors (Lipinski definition) is 0. The second-order valence-corrected chi connectivity index (χ2v) is 21.8. The van der Waals surface area contributed by atoms with Gasteiger partial charge in [0.15, 0.2) is 5.78 Å². The van der Waals surface area contributed by atoms with E-state index in [2.05, 4.69) is 156 Å². The molecule has 7 nitrogen and oxygen atoms in total. The van der Waals surface area contributed by atoms with E-state index in [4.69, 9.17) is 18.9 Å². The fourth-order valence-electron chi connectivity index (χ4n) is 10.3. The number of thiophene rings is 4. The highest BCUT2D eigenvalue weighted by molar-refractivity contribution is 7.30. The molecule has 13 rings (SSSR count). The van der Waals surface area contributed by atoms with Crippen LogP contribution in [0.25, 0.3) is 105 Å². The summed E-state index contributed by atoms with van der Waals surface area (Å²) in [4.78, 5) is 23.1. The number of aromatic nitrogens is 2. The number of aryl methyl sites for hydroxylation is 2. The van der Waals surface area contributed by atoms with Gasteiger partial charge in [-0.2, -0.15) is 0 Å². The van der Waals surface area contributed by atoms with Crippen molar-refractivity contribution in [2.75, 3.05) is 28.4 Å². The van der Waals surface area contributed by atoms with Gasteiger partial charge >= 0.3 is 0 Å². The standard InChI is InChI=1S/C59H42N2O5S4/c1-31-23-39(65-5)27-43-41-25-37(63-3)15-17-47(41)60(55(31)43)35-11-7-33(8-12-35)49-19-21-51(67-49)53-29-45-57(62)46-30-54(70-59(46)58(45)69-53)52-22-20-50(68-52)34-9-13-36(14-10-34)61-48-18-16-38(64-4)26-42(48)44-28-40(66-6)24-32(2)56(44)61/h7-30H,1-6H3. The summed E-state index contributed by atoms with van der Waals surface area (Å²) in [5.74, 6) is 3.42. The molecule has 0 aliphatic heterocycles. The van der Waals surface area contributed by atoms with Crippen LogP contribution in [0.15, 0.2) is 146 Å². The van der Waals surface area contributed by atoms with Gasteiger partial charge in [0.1, 0.15) is 23.0 Å². The average molecular weight is 987 g/mol. The van der Waals surface area contributed by atoms with Gasteiger partial charge in [-0.15, -0.1) is 45.3 Å². The van der Waals surface area contributed by atoms with Crippen LogP contribution in [0.4, 0.5) is 0 Å². The van der Waals surface area contributed by atoms with E-state index in [1.165, 1.54) is 9.75 Å². The Balaban J connectivity index is 0.761. The number of benzene rings is 6. The molecule has 6 heterocycles. The highest BCUT2D eigenvalue weighted by atomic mass is 32.1. The summed E-state index contributed by atoms with van der Waals surface area (Å²) in [6.45, 7) is 4.27. The quantitative estimate of drug-likeness (QED) is 0.137. The van der Waals surface area contributed by atoms with Crippen molar-refractivity contribution in [2.24, 2.45) is 0 Å². The zero-order chi connectivity index (χ0) is 47.5. The molecule has 11 heteroatoms. The van der Waals surface area contributed by atoms with Gasteiger partial charge in [-0.05, 0) is 157 Å². The van der Waals surface area contributed by atoms with E-state index < -0.39 is 0 Å². The Morgan fingerprint density at radius 2 is 0.757 bits per heavy atom. The summed E-state index contributed by atoms with van der Waals surface area (Å²) in [6, 6.07) is 51.5. The topological polar surface area (TPSA) is 63.9 Å². The van der Waals surface area contributed by atoms with E-state index in [1.54, 1.807) is 73.8 Å². The molecule has 0 unspecified atom stereocenters. The number of ether oxygens (including phenoxy) is 4. The van der Waals surface area contributed by atoms with E-state index in [1.807, 2.05) is 12.1 Å². The third-order valence-corrected chi connectivity index (χ3v) is 18.7. The van der Waals surface area contributed by atoms with E-state index in [0.717, 1.165) is 141 Å². The Morgan fingerprint density at radius 1 is 0.371 bits per heavy atom. The molecule has 0 amide bonds. The predicted molar refractivity (Wildman–Crippen MR) is 293 cm³/mol. The molecule has 0 fully saturated rings. The minimum absolute atomic E-state index is 0.115. The Labute approximate surface area is 419 Å². The molecule has 6 aromatic heterocycles. The van der Waals surface area contributed by atoms with Crippen LogP contribution in [-0.4, -0.2) is 43.4 Å². The lowest BCUT2D eigenvalue weighted by molar-refractivity contribution is 0.104. The van der Waals surface area contributed by atoms with Crippen LogP contribution in [-0.2, 0) is 0 Å². The molecule has 1 aliphatic rings. The molecule has 0 N–H and O–H groups in total. The summed E-state index contributed by atoms with van der Waals surface area (Å²) >= 11 is 6.97. The van der Waals surface area contributed by atoms with Crippen LogP contribution in [0.3, 0.4) is 0 Å². The molecule has 70 heavy (non-hydrogen) atoms. The lowest BCUT2D eigenvalue weighted by atomic mass is 10.1. The normalized spacial score (nSPS) is 12.2. The molecule has 6 aromatic carbocycles. The van der Waals surface area contributed by atoms with Crippen molar-refractivity contribution < 1.29 is 23.7 Å². The number of carbonyl (C=O) groups excluding carboxylic acids is 1. The maximum Gasteiger partial charge on any atom is 0.196 e. The Hall–Kier alpha value is -7.41. The molecule has 342 valence electrons. The van der Waals surface area contributed by atoms with Gasteiger partial charge in [-0.1, -0.05) is 24.3 Å². The fraction of sp³-hybridized carbons (Fsp3) is 0.102. The largest absolute Gasteiger partial charge is 0.497 e. The van der Waals surface area contributed by atoms with Crippen LogP contribution in [0.2, 0.25) is 0 Å². The lowest BCUT2D eigenvalue weighted by Gasteiger charge is -2.11. The third kappa shape index (κ3) is 6.60. The molecule has 12 aromatic rings. The minimum atomic E-state index is 0.115. The van der Waals surface area contributed by atoms with Crippen LogP contribution in [0.5, 0.6) is 23.0 Å². The SMILES string of the molecule is COc1ccc2c(c1)c1cc(OC)cc(C)c1n2-c1ccc(-c2ccc(-c3cc4c(s3)-c3sc(-c5ccc(-c6ccc(-n7c8ccc(OC)cc8c8cc(OC)cc(C)c87)cc6)s5)cc3C4=O)s2)cc1. The molecular weight excluding hydrogens is 945 g/mol. The van der Waals surface area contributed by atoms with Gasteiger partial charge in [0.25, 0.3) is 0 Å². The summed E-state index contributed by atoms with van der Waals surface area (Å²) in [6.07, 6.45) is 0. The second-order valence-electron chi connectivity index (χ2n) is 17.6. The van der Waals surface area contributed by atoms with Crippen molar-refractivity contribution in [3.8, 4) is 84.5 Å². The Morgan fingerprint density at radius 3 is 1.16 bits per heavy atom. The first-order valence-electron chi connectivity index (χ1n) is 22.8. The minimum Gasteiger partial charge on any atom is -0.497 e. The summed E-state index contributed by atoms with van der Waals surface area (Å²) in [5, 5.41) is 4.48. The Bertz CT molecular complexity index is 3840. The molecule has 0 bridgehead atoms. The van der Waals surface area contributed by atoms with Crippen molar-refractivity contribution in [1.29, 1.82) is 0 Å². The van der Waals surface area contributed by atoms with Gasteiger partial charge in [0.2, 0.25) is 0 Å². The van der Waals surface area contributed by atoms with Gasteiger partial charge in [-0.3, -0.25) is 4.79 Å². The molecule has 0 saturated carbocycles. The van der Waals surface area contributed by atoms with Crippen molar-refractivity contribution in [2.45, 2.75) is 13.8 Å². The van der Waals surface area contributed by atoms with E-state index in [9.17, 15) is 4.79 Å². The maximum atomic E-state index is 14.0. The van der Waals surface area contributed by atoms with Crippen LogP contribution < -0.4 is 18.9 Å². The van der Waals surface area contributed by atoms with Crippen LogP contribution in [0.1, 0.15) is 27.0 Å². The van der Waals surface area contributed by atoms with Crippen LogP contribution in [0, 0.1) is 13.8 Å². The van der Waals surface area contributed by atoms with Gasteiger partial charge < -0.3 is 28.1 Å². The zero-order valence-corrected chi connectivity index (χ0v) is 42.2. The number of nitrogens with zero attached hydrogens (tertiary/aromatic N) is 2. The number of hydrogen-bond acceptors (Lipinski definition) is 9. The Kier molecular flexibility index (Phi) is 9.97. The summed E-state index contributed by atoms with van der Waals surface area (Å²) in [5.41, 5.74) is 12.9. The molecule has 0 atom stereocenters. The molecule has 0 saturated heterocycles. The molecule has 1 aliphatic carbocycles. The first kappa shape index (κ1) is 42.7. The number of methoxy groups -OCH3 is 4. The highest BCUT2D eigenvalue weighted by Crippen LogP contribution is 2.53. The van der Waals surface area contributed by atoms with Gasteiger partial charge in [-0.25, -0.2) is 0 Å². The van der Waals surface area contributed by atoms with E-state index >= 15 is 0 Å². The highest BCUT2D eigenvalue weighted by Gasteiger charge is 2.33. The molecule has 0 radical (unpaired) electrons. The lowest BCUT2D eigenvalue weighted by Crippen LogP contribution is -1.96. The van der Waals surface area contributed by atoms with Crippen molar-refractivity contribution in [3.63, 3.8) is 0 Å². The van der Waals surface area contributed by atoms with Crippen molar-refractivity contribution in [3.05, 3.63) is 168 Å². The van der Waals surface area contributed by atoms with Gasteiger partial charge in [0, 0.05) is 73.3 Å². The average Bonchev–Trinajstić information content (AvgIpc) is 4.27. The summed E-state index contributed by atoms with van der Waals surface area (Å²) < 4.78 is 27.2. The number of carbonyl (C=O) groups is 1. The monoisotopic (exact) mass is 986 g/mol. The molecule has 0 spiro atoms. The number of rotatable bonds is 10. The second kappa shape index (κ2) is 16.4. The number of fused-ring (bicyclic) bond motifs is 9. The molecular formula is C59H42N2O5S4. The first-order valence-corrected chi connectivity index (χ1v) is 26.0. The smallest absolute Gasteiger partial charge is 0.196 e. The van der Waals surface area contributed by atoms with E-state index in [0.29, 0.717) is 0 Å². The fourth-order valence-corrected chi connectivity index (χ4v) is 14.9. The zero-order valence-electron chi connectivity index (χ0n) is 38.9. The van der Waals surface area contributed by atoms with Crippen molar-refractivity contribution in [1.82, 2.24) is 9.13 Å². The third-order valence-electron chi connectivity index (χ3n) is 13.6. The first-order chi connectivity index (χ1) is 34.2. The predicted octanol–water partition coefficient (Wildman–Crippen LogP) is 16.7. The number of ketones is 1. The van der Waals surface area contributed by atoms with Crippen molar-refractivity contribution >= 4 is 94.7 Å².